The summed E-state index contributed by atoms with van der Waals surface area (Å²) in [5.41, 5.74) is 6.47. The normalized spacial score (nSPS) is 11.2. The van der Waals surface area contributed by atoms with Gasteiger partial charge in [0.05, 0.1) is 21.1 Å². The molecule has 19 heavy (non-hydrogen) atoms. The number of hydrogen-bond acceptors (Lipinski definition) is 2. The molecule has 0 bridgehead atoms. The van der Waals surface area contributed by atoms with Crippen LogP contribution in [-0.2, 0) is 4.79 Å². The van der Waals surface area contributed by atoms with Crippen LogP contribution >= 0.6 is 23.8 Å². The molecule has 1 aromatic carbocycles. The van der Waals surface area contributed by atoms with E-state index in [1.54, 1.807) is 6.07 Å². The minimum atomic E-state index is -0.819. The lowest BCUT2D eigenvalue weighted by Crippen LogP contribution is -2.45. The zero-order valence-corrected chi connectivity index (χ0v) is 13.0. The standard InChI is InChI=1S/C14H19ClN2OS/c1-4-14(5-2,12(16)19)13(18)17-11-9(3)7-6-8-10(11)15/h6-8H,4-5H2,1-3H3,(H2,16,19)(H,17,18). The molecule has 0 aliphatic carbocycles. The van der Waals surface area contributed by atoms with Crippen molar-refractivity contribution < 1.29 is 4.79 Å². The second-order valence-corrected chi connectivity index (χ2v) is 5.39. The van der Waals surface area contributed by atoms with Crippen molar-refractivity contribution in [3.63, 3.8) is 0 Å². The van der Waals surface area contributed by atoms with E-state index in [4.69, 9.17) is 29.6 Å². The van der Waals surface area contributed by atoms with E-state index < -0.39 is 5.41 Å². The lowest BCUT2D eigenvalue weighted by molar-refractivity contribution is -0.122. The molecule has 0 saturated carbocycles. The van der Waals surface area contributed by atoms with Crippen molar-refractivity contribution in [2.24, 2.45) is 11.1 Å². The summed E-state index contributed by atoms with van der Waals surface area (Å²) in [5, 5.41) is 3.38. The van der Waals surface area contributed by atoms with Crippen molar-refractivity contribution in [3.05, 3.63) is 28.8 Å². The Morgan fingerprint density at radius 1 is 1.42 bits per heavy atom. The summed E-state index contributed by atoms with van der Waals surface area (Å²) in [6.07, 6.45) is 1.13. The molecule has 0 saturated heterocycles. The lowest BCUT2D eigenvalue weighted by Gasteiger charge is -2.29. The smallest absolute Gasteiger partial charge is 0.237 e. The maximum Gasteiger partial charge on any atom is 0.237 e. The Kier molecular flexibility index (Phi) is 5.32. The van der Waals surface area contributed by atoms with Crippen molar-refractivity contribution in [1.82, 2.24) is 0 Å². The van der Waals surface area contributed by atoms with Crippen LogP contribution in [0.5, 0.6) is 0 Å². The molecule has 0 atom stereocenters. The maximum absolute atomic E-state index is 12.5. The molecule has 3 nitrogen and oxygen atoms in total. The largest absolute Gasteiger partial charge is 0.392 e. The van der Waals surface area contributed by atoms with Crippen LogP contribution in [0.4, 0.5) is 5.69 Å². The highest BCUT2D eigenvalue weighted by Gasteiger charge is 2.38. The van der Waals surface area contributed by atoms with Crippen LogP contribution in [0.15, 0.2) is 18.2 Å². The van der Waals surface area contributed by atoms with Crippen LogP contribution in [0.25, 0.3) is 0 Å². The van der Waals surface area contributed by atoms with Gasteiger partial charge in [-0.1, -0.05) is 49.8 Å². The summed E-state index contributed by atoms with van der Waals surface area (Å²) in [5.74, 6) is -0.193. The number of benzene rings is 1. The van der Waals surface area contributed by atoms with Crippen LogP contribution in [0.2, 0.25) is 5.02 Å². The first kappa shape index (κ1) is 15.9. The predicted octanol–water partition coefficient (Wildman–Crippen LogP) is 3.68. The third-order valence-corrected chi connectivity index (χ3v) is 4.28. The number of amides is 1. The summed E-state index contributed by atoms with van der Waals surface area (Å²) < 4.78 is 0. The van der Waals surface area contributed by atoms with E-state index in [0.29, 0.717) is 23.6 Å². The molecule has 0 aliphatic heterocycles. The molecular formula is C14H19ClN2OS. The van der Waals surface area contributed by atoms with Gasteiger partial charge in [0, 0.05) is 0 Å². The molecular weight excluding hydrogens is 280 g/mol. The van der Waals surface area contributed by atoms with Gasteiger partial charge in [0.25, 0.3) is 0 Å². The SMILES string of the molecule is CCC(CC)(C(=O)Nc1c(C)cccc1Cl)C(N)=S. The molecule has 0 aromatic heterocycles. The average Bonchev–Trinajstić information content (AvgIpc) is 2.36. The van der Waals surface area contributed by atoms with E-state index in [1.807, 2.05) is 32.9 Å². The van der Waals surface area contributed by atoms with Crippen molar-refractivity contribution in [1.29, 1.82) is 0 Å². The summed E-state index contributed by atoms with van der Waals surface area (Å²) in [6.45, 7) is 5.70. The van der Waals surface area contributed by atoms with Crippen LogP contribution in [0.1, 0.15) is 32.3 Å². The third kappa shape index (κ3) is 3.07. The second kappa shape index (κ2) is 6.35. The van der Waals surface area contributed by atoms with Gasteiger partial charge in [-0.2, -0.15) is 0 Å². The summed E-state index contributed by atoms with van der Waals surface area (Å²) in [4.78, 5) is 12.7. The Morgan fingerprint density at radius 3 is 2.42 bits per heavy atom. The number of nitrogens with two attached hydrogens (primary N) is 1. The van der Waals surface area contributed by atoms with E-state index in [-0.39, 0.29) is 10.9 Å². The quantitative estimate of drug-likeness (QED) is 0.815. The predicted molar refractivity (Wildman–Crippen MR) is 84.6 cm³/mol. The molecule has 5 heteroatoms. The number of rotatable bonds is 5. The van der Waals surface area contributed by atoms with Gasteiger partial charge >= 0.3 is 0 Å². The number of carbonyl (C=O) groups is 1. The van der Waals surface area contributed by atoms with Crippen LogP contribution < -0.4 is 11.1 Å². The van der Waals surface area contributed by atoms with E-state index in [0.717, 1.165) is 5.56 Å². The fourth-order valence-electron chi connectivity index (χ4n) is 2.05. The van der Waals surface area contributed by atoms with Crippen molar-refractivity contribution in [2.45, 2.75) is 33.6 Å². The number of halogens is 1. The number of aryl methyl sites for hydroxylation is 1. The summed E-state index contributed by atoms with van der Waals surface area (Å²) >= 11 is 11.2. The molecule has 1 amide bonds. The van der Waals surface area contributed by atoms with E-state index >= 15 is 0 Å². The van der Waals surface area contributed by atoms with Gasteiger partial charge < -0.3 is 11.1 Å². The van der Waals surface area contributed by atoms with Crippen molar-refractivity contribution in [2.75, 3.05) is 5.32 Å². The van der Waals surface area contributed by atoms with Crippen molar-refractivity contribution >= 4 is 40.4 Å². The Bertz CT molecular complexity index is 478. The second-order valence-electron chi connectivity index (χ2n) is 4.54. The fourth-order valence-corrected chi connectivity index (χ4v) is 2.71. The lowest BCUT2D eigenvalue weighted by atomic mass is 9.81. The minimum Gasteiger partial charge on any atom is -0.392 e. The molecule has 0 radical (unpaired) electrons. The van der Waals surface area contributed by atoms with Gasteiger partial charge in [-0.15, -0.1) is 0 Å². The summed E-state index contributed by atoms with van der Waals surface area (Å²) in [6, 6.07) is 5.47. The first-order valence-corrected chi connectivity index (χ1v) is 7.04. The molecule has 0 heterocycles. The monoisotopic (exact) mass is 298 g/mol. The van der Waals surface area contributed by atoms with Gasteiger partial charge in [0.15, 0.2) is 0 Å². The van der Waals surface area contributed by atoms with Crippen molar-refractivity contribution in [3.8, 4) is 0 Å². The third-order valence-electron chi connectivity index (χ3n) is 3.57. The van der Waals surface area contributed by atoms with Gasteiger partial charge in [0.2, 0.25) is 5.91 Å². The molecule has 1 rings (SSSR count). The maximum atomic E-state index is 12.5. The number of hydrogen-bond donors (Lipinski definition) is 2. The minimum absolute atomic E-state index is 0.193. The average molecular weight is 299 g/mol. The Hall–Kier alpha value is -1.13. The molecule has 0 aliphatic rings. The fraction of sp³-hybridized carbons (Fsp3) is 0.429. The first-order chi connectivity index (χ1) is 8.89. The Balaban J connectivity index is 3.11. The number of nitrogens with one attached hydrogen (secondary N) is 1. The highest BCUT2D eigenvalue weighted by molar-refractivity contribution is 7.80. The molecule has 104 valence electrons. The van der Waals surface area contributed by atoms with Gasteiger partial charge in [-0.05, 0) is 31.4 Å². The zero-order chi connectivity index (χ0) is 14.6. The number of para-hydroxylation sites is 1. The van der Waals surface area contributed by atoms with Crippen LogP contribution in [-0.4, -0.2) is 10.9 Å². The molecule has 3 N–H and O–H groups in total. The summed E-state index contributed by atoms with van der Waals surface area (Å²) in [7, 11) is 0. The van der Waals surface area contributed by atoms with E-state index in [1.165, 1.54) is 0 Å². The van der Waals surface area contributed by atoms with E-state index in [2.05, 4.69) is 5.32 Å². The topological polar surface area (TPSA) is 55.1 Å². The number of thiocarbonyl (C=S) groups is 1. The molecule has 0 unspecified atom stereocenters. The molecule has 1 aromatic rings. The number of anilines is 1. The van der Waals surface area contributed by atoms with Gasteiger partial charge in [-0.3, -0.25) is 4.79 Å². The highest BCUT2D eigenvalue weighted by atomic mass is 35.5. The Labute approximate surface area is 124 Å². The molecule has 0 spiro atoms. The van der Waals surface area contributed by atoms with Gasteiger partial charge in [0.1, 0.15) is 0 Å². The van der Waals surface area contributed by atoms with E-state index in [9.17, 15) is 4.79 Å². The first-order valence-electron chi connectivity index (χ1n) is 6.25. The van der Waals surface area contributed by atoms with Crippen LogP contribution in [0, 0.1) is 12.3 Å². The zero-order valence-electron chi connectivity index (χ0n) is 11.4. The molecule has 0 fully saturated rings. The van der Waals surface area contributed by atoms with Gasteiger partial charge in [-0.25, -0.2) is 0 Å². The number of carbonyl (C=O) groups excluding carboxylic acids is 1. The Morgan fingerprint density at radius 2 is 2.00 bits per heavy atom. The van der Waals surface area contributed by atoms with Crippen LogP contribution in [0.3, 0.4) is 0 Å². The highest BCUT2D eigenvalue weighted by Crippen LogP contribution is 2.32.